The van der Waals surface area contributed by atoms with Crippen LogP contribution in [0.15, 0.2) is 6.20 Å². The molecule has 2 atom stereocenters. The summed E-state index contributed by atoms with van der Waals surface area (Å²) in [6.07, 6.45) is 6.82. The molecule has 2 rings (SSSR count). The molecule has 1 aromatic rings. The van der Waals surface area contributed by atoms with Crippen LogP contribution in [0.2, 0.25) is 0 Å². The van der Waals surface area contributed by atoms with Crippen molar-refractivity contribution in [1.82, 2.24) is 10.3 Å². The maximum absolute atomic E-state index is 5.95. The Morgan fingerprint density at radius 2 is 2.47 bits per heavy atom. The zero-order chi connectivity index (χ0) is 10.7. The molecule has 1 saturated carbocycles. The number of rotatable bonds is 3. The molecule has 0 bridgehead atoms. The molecular formula is C11H19N3S. The van der Waals surface area contributed by atoms with Gasteiger partial charge in [0.15, 0.2) is 0 Å². The van der Waals surface area contributed by atoms with Crippen LogP contribution in [0.1, 0.15) is 35.6 Å². The van der Waals surface area contributed by atoms with E-state index in [-0.39, 0.29) is 0 Å². The van der Waals surface area contributed by atoms with Crippen LogP contribution in [0.4, 0.5) is 0 Å². The Kier molecular flexibility index (Phi) is 3.72. The smallest absolute Gasteiger partial charge is 0.0897 e. The van der Waals surface area contributed by atoms with Crippen molar-refractivity contribution >= 4 is 11.3 Å². The molecule has 1 aliphatic carbocycles. The minimum atomic E-state index is 0.402. The van der Waals surface area contributed by atoms with Gasteiger partial charge in [-0.2, -0.15) is 0 Å². The van der Waals surface area contributed by atoms with E-state index in [1.807, 2.05) is 13.1 Å². The van der Waals surface area contributed by atoms with E-state index in [1.54, 1.807) is 11.3 Å². The summed E-state index contributed by atoms with van der Waals surface area (Å²) in [4.78, 5) is 5.57. The van der Waals surface area contributed by atoms with Crippen molar-refractivity contribution < 1.29 is 0 Å². The highest BCUT2D eigenvalue weighted by atomic mass is 32.1. The van der Waals surface area contributed by atoms with Gasteiger partial charge in [-0.25, -0.2) is 4.98 Å². The van der Waals surface area contributed by atoms with E-state index in [0.29, 0.717) is 12.1 Å². The number of nitrogens with zero attached hydrogens (tertiary/aromatic N) is 1. The molecule has 0 aromatic carbocycles. The summed E-state index contributed by atoms with van der Waals surface area (Å²) in [5.74, 6) is 0. The van der Waals surface area contributed by atoms with Crippen molar-refractivity contribution in [2.45, 2.75) is 51.2 Å². The third-order valence-corrected chi connectivity index (χ3v) is 3.86. The highest BCUT2D eigenvalue weighted by Crippen LogP contribution is 2.18. The van der Waals surface area contributed by atoms with Gasteiger partial charge in [0.2, 0.25) is 0 Å². The van der Waals surface area contributed by atoms with Gasteiger partial charge in [-0.05, 0) is 26.2 Å². The largest absolute Gasteiger partial charge is 0.328 e. The van der Waals surface area contributed by atoms with Crippen LogP contribution in [0.5, 0.6) is 0 Å². The Morgan fingerprint density at radius 3 is 3.13 bits per heavy atom. The second-order valence-corrected chi connectivity index (χ2v) is 5.67. The topological polar surface area (TPSA) is 50.9 Å². The zero-order valence-electron chi connectivity index (χ0n) is 9.20. The third-order valence-electron chi connectivity index (χ3n) is 2.95. The number of hydrogen-bond acceptors (Lipinski definition) is 4. The molecule has 0 aliphatic heterocycles. The molecule has 3 nitrogen and oxygen atoms in total. The molecule has 2 unspecified atom stereocenters. The average Bonchev–Trinajstić information content (AvgIpc) is 2.62. The molecule has 1 aliphatic rings. The second kappa shape index (κ2) is 5.05. The fourth-order valence-corrected chi connectivity index (χ4v) is 2.89. The quantitative estimate of drug-likeness (QED) is 0.825. The van der Waals surface area contributed by atoms with Gasteiger partial charge in [0.05, 0.1) is 5.01 Å². The fourth-order valence-electron chi connectivity index (χ4n) is 2.14. The average molecular weight is 225 g/mol. The maximum atomic E-state index is 5.95. The van der Waals surface area contributed by atoms with E-state index in [9.17, 15) is 0 Å². The van der Waals surface area contributed by atoms with Crippen molar-refractivity contribution in [2.24, 2.45) is 5.73 Å². The first kappa shape index (κ1) is 11.0. The van der Waals surface area contributed by atoms with Crippen molar-refractivity contribution in [1.29, 1.82) is 0 Å². The minimum absolute atomic E-state index is 0.402. The van der Waals surface area contributed by atoms with Crippen LogP contribution in [0.3, 0.4) is 0 Å². The van der Waals surface area contributed by atoms with Crippen LogP contribution in [0.25, 0.3) is 0 Å². The van der Waals surface area contributed by atoms with E-state index >= 15 is 0 Å². The van der Waals surface area contributed by atoms with E-state index in [4.69, 9.17) is 5.73 Å². The first-order valence-corrected chi connectivity index (χ1v) is 6.46. The van der Waals surface area contributed by atoms with Gasteiger partial charge in [0.1, 0.15) is 0 Å². The van der Waals surface area contributed by atoms with Crippen LogP contribution in [-0.4, -0.2) is 17.1 Å². The summed E-state index contributed by atoms with van der Waals surface area (Å²) < 4.78 is 0. The number of nitrogens with one attached hydrogen (secondary N) is 1. The van der Waals surface area contributed by atoms with Crippen molar-refractivity contribution in [3.63, 3.8) is 0 Å². The Morgan fingerprint density at radius 1 is 1.60 bits per heavy atom. The van der Waals surface area contributed by atoms with Crippen LogP contribution >= 0.6 is 11.3 Å². The predicted octanol–water partition coefficient (Wildman–Crippen LogP) is 1.81. The van der Waals surface area contributed by atoms with Gasteiger partial charge in [-0.15, -0.1) is 11.3 Å². The molecule has 0 spiro atoms. The van der Waals surface area contributed by atoms with Crippen LogP contribution < -0.4 is 11.1 Å². The van der Waals surface area contributed by atoms with Crippen molar-refractivity contribution in [2.75, 3.05) is 0 Å². The monoisotopic (exact) mass is 225 g/mol. The summed E-state index contributed by atoms with van der Waals surface area (Å²) in [5, 5.41) is 4.72. The molecule has 0 saturated heterocycles. The lowest BCUT2D eigenvalue weighted by Crippen LogP contribution is -2.38. The maximum Gasteiger partial charge on any atom is 0.0897 e. The van der Waals surface area contributed by atoms with Gasteiger partial charge in [0.25, 0.3) is 0 Å². The first-order valence-electron chi connectivity index (χ1n) is 5.64. The fraction of sp³-hybridized carbons (Fsp3) is 0.727. The molecule has 0 amide bonds. The standard InChI is InChI=1S/C11H19N3S/c1-8-13-6-11(15-8)7-14-10-4-2-3-9(12)5-10/h6,9-10,14H,2-5,7,12H2,1H3. The third kappa shape index (κ3) is 3.26. The normalized spacial score (nSPS) is 26.8. The van der Waals surface area contributed by atoms with E-state index in [0.717, 1.165) is 18.0 Å². The Labute approximate surface area is 95.1 Å². The van der Waals surface area contributed by atoms with Gasteiger partial charge < -0.3 is 11.1 Å². The van der Waals surface area contributed by atoms with Crippen molar-refractivity contribution in [3.8, 4) is 0 Å². The summed E-state index contributed by atoms with van der Waals surface area (Å²) >= 11 is 1.77. The number of hydrogen-bond donors (Lipinski definition) is 2. The molecule has 15 heavy (non-hydrogen) atoms. The lowest BCUT2D eigenvalue weighted by molar-refractivity contribution is 0.339. The van der Waals surface area contributed by atoms with Gasteiger partial charge in [0, 0.05) is 29.7 Å². The zero-order valence-corrected chi connectivity index (χ0v) is 10.0. The first-order chi connectivity index (χ1) is 7.24. The van der Waals surface area contributed by atoms with E-state index in [2.05, 4.69) is 10.3 Å². The number of aryl methyl sites for hydroxylation is 1. The van der Waals surface area contributed by atoms with Crippen LogP contribution in [0, 0.1) is 6.92 Å². The van der Waals surface area contributed by atoms with Gasteiger partial charge >= 0.3 is 0 Å². The molecule has 1 aromatic heterocycles. The summed E-state index contributed by atoms with van der Waals surface area (Å²) in [6.45, 7) is 2.99. The summed E-state index contributed by atoms with van der Waals surface area (Å²) in [7, 11) is 0. The van der Waals surface area contributed by atoms with Gasteiger partial charge in [-0.3, -0.25) is 0 Å². The molecular weight excluding hydrogens is 206 g/mol. The van der Waals surface area contributed by atoms with E-state index < -0.39 is 0 Å². The number of nitrogens with two attached hydrogens (primary N) is 1. The van der Waals surface area contributed by atoms with E-state index in [1.165, 1.54) is 24.1 Å². The second-order valence-electron chi connectivity index (χ2n) is 4.35. The molecule has 0 radical (unpaired) electrons. The summed E-state index contributed by atoms with van der Waals surface area (Å²) in [6, 6.07) is 1.01. The Hall–Kier alpha value is -0.450. The number of aromatic nitrogens is 1. The van der Waals surface area contributed by atoms with Crippen LogP contribution in [-0.2, 0) is 6.54 Å². The molecule has 3 N–H and O–H groups in total. The molecule has 84 valence electrons. The number of thiazole rings is 1. The minimum Gasteiger partial charge on any atom is -0.328 e. The SMILES string of the molecule is Cc1ncc(CNC2CCCC(N)C2)s1. The lowest BCUT2D eigenvalue weighted by atomic mass is 9.92. The van der Waals surface area contributed by atoms with Crippen molar-refractivity contribution in [3.05, 3.63) is 16.1 Å². The Bertz CT molecular complexity index is 311. The lowest BCUT2D eigenvalue weighted by Gasteiger charge is -2.27. The Balaban J connectivity index is 1.77. The molecule has 4 heteroatoms. The van der Waals surface area contributed by atoms with Gasteiger partial charge in [-0.1, -0.05) is 6.42 Å². The highest BCUT2D eigenvalue weighted by Gasteiger charge is 2.18. The molecule has 1 heterocycles. The highest BCUT2D eigenvalue weighted by molar-refractivity contribution is 7.11. The summed E-state index contributed by atoms with van der Waals surface area (Å²) in [5.41, 5.74) is 5.95. The predicted molar refractivity (Wildman–Crippen MR) is 63.9 cm³/mol. The molecule has 1 fully saturated rings.